The second-order valence-corrected chi connectivity index (χ2v) is 13.2. The molecule has 210 valence electrons. The van der Waals surface area contributed by atoms with E-state index in [1.54, 1.807) is 11.8 Å². The van der Waals surface area contributed by atoms with Gasteiger partial charge in [-0.25, -0.2) is 13.2 Å². The van der Waals surface area contributed by atoms with E-state index in [1.807, 2.05) is 25.1 Å². The van der Waals surface area contributed by atoms with Gasteiger partial charge in [0.15, 0.2) is 0 Å². The third kappa shape index (κ3) is 7.65. The molecule has 2 aromatic carbocycles. The molecule has 0 bridgehead atoms. The normalized spacial score (nSPS) is 19.1. The zero-order valence-electron chi connectivity index (χ0n) is 22.2. The first-order valence-electron chi connectivity index (χ1n) is 13.3. The van der Waals surface area contributed by atoms with Crippen molar-refractivity contribution in [2.75, 3.05) is 31.1 Å². The molecule has 1 heterocycles. The molecule has 0 atom stereocenters. The summed E-state index contributed by atoms with van der Waals surface area (Å²) in [6.07, 6.45) is 7.25. The number of hydrogen-bond acceptors (Lipinski definition) is 6. The molecule has 1 saturated heterocycles. The molecule has 0 radical (unpaired) electrons. The van der Waals surface area contributed by atoms with Gasteiger partial charge in [-0.1, -0.05) is 13.3 Å². The van der Waals surface area contributed by atoms with Gasteiger partial charge in [0.2, 0.25) is 5.91 Å². The number of hydrogen-bond donors (Lipinski definition) is 2. The summed E-state index contributed by atoms with van der Waals surface area (Å²) in [5.74, 6) is 0.191. The van der Waals surface area contributed by atoms with E-state index in [9.17, 15) is 18.0 Å². The molecule has 39 heavy (non-hydrogen) atoms. The highest BCUT2D eigenvalue weighted by molar-refractivity contribution is 7.99. The Labute approximate surface area is 237 Å². The van der Waals surface area contributed by atoms with Gasteiger partial charge in [0.1, 0.15) is 23.9 Å². The van der Waals surface area contributed by atoms with E-state index in [1.165, 1.54) is 43.5 Å². The number of nitrogens with zero attached hydrogens (tertiary/aromatic N) is 2. The zero-order chi connectivity index (χ0) is 28.0. The molecule has 2 aliphatic carbocycles. The Morgan fingerprint density at radius 3 is 2.44 bits per heavy atom. The quantitative estimate of drug-likeness (QED) is 0.149. The average molecular weight is 577 g/mol. The predicted molar refractivity (Wildman–Crippen MR) is 151 cm³/mol. The summed E-state index contributed by atoms with van der Waals surface area (Å²) >= 11 is 2.78. The van der Waals surface area contributed by atoms with Gasteiger partial charge < -0.3 is 5.73 Å². The van der Waals surface area contributed by atoms with E-state index in [-0.39, 0.29) is 28.4 Å². The maximum atomic E-state index is 13.6. The van der Waals surface area contributed by atoms with Crippen molar-refractivity contribution in [3.8, 4) is 6.07 Å². The third-order valence-electron chi connectivity index (χ3n) is 7.84. The second-order valence-electron chi connectivity index (χ2n) is 11.1. The standard InChI is InChI=1S/C16H18FN3OS.C13H17F2NS/c1-15(8-16(9-15)3-2-4-16)14(21)20-22-11-5-10(7-18)13(19)12(17)6-11;14-11-3-5-13(6-4-11)17-8-2-1-7-16-9-12(15)10-16/h5-6H,2-4,8-9,19H2,1H3,(H,20,21);3-6,12H,1-2,7-10H2. The van der Waals surface area contributed by atoms with Gasteiger partial charge in [-0.05, 0) is 105 Å². The number of nitrogen functional groups attached to an aromatic ring is 1. The number of nitrogens with one attached hydrogen (secondary N) is 1. The van der Waals surface area contributed by atoms with Crippen LogP contribution in [0, 0.1) is 33.8 Å². The van der Waals surface area contributed by atoms with E-state index < -0.39 is 12.0 Å². The molecule has 0 unspecified atom stereocenters. The molecule has 3 aliphatic rings. The van der Waals surface area contributed by atoms with Crippen molar-refractivity contribution in [3.05, 3.63) is 53.6 Å². The molecular weight excluding hydrogens is 541 g/mol. The van der Waals surface area contributed by atoms with Crippen LogP contribution in [0.5, 0.6) is 0 Å². The SMILES string of the molecule is CC1(C(=O)NSc2cc(F)c(N)c(C#N)c2)CC2(CCC2)C1.Fc1ccc(SCCCCN2CC(F)C2)cc1. The van der Waals surface area contributed by atoms with Crippen LogP contribution in [0.15, 0.2) is 46.2 Å². The summed E-state index contributed by atoms with van der Waals surface area (Å²) in [6, 6.07) is 11.2. The lowest BCUT2D eigenvalue weighted by Gasteiger charge is -2.58. The molecular formula is C29H35F3N4OS2. The lowest BCUT2D eigenvalue weighted by Crippen LogP contribution is -2.55. The molecule has 1 amide bonds. The van der Waals surface area contributed by atoms with Crippen molar-refractivity contribution < 1.29 is 18.0 Å². The smallest absolute Gasteiger partial charge is 0.236 e. The Kier molecular flexibility index (Phi) is 9.78. The van der Waals surface area contributed by atoms with Crippen molar-refractivity contribution in [2.24, 2.45) is 10.8 Å². The van der Waals surface area contributed by atoms with Crippen LogP contribution in [0.3, 0.4) is 0 Å². The minimum atomic E-state index is -0.640. The van der Waals surface area contributed by atoms with E-state index in [2.05, 4.69) is 9.62 Å². The maximum absolute atomic E-state index is 13.6. The van der Waals surface area contributed by atoms with Crippen LogP contribution in [0.2, 0.25) is 0 Å². The van der Waals surface area contributed by atoms with Crippen molar-refractivity contribution in [1.82, 2.24) is 9.62 Å². The van der Waals surface area contributed by atoms with Crippen molar-refractivity contribution in [1.29, 1.82) is 5.26 Å². The molecule has 1 spiro atoms. The largest absolute Gasteiger partial charge is 0.395 e. The topological polar surface area (TPSA) is 82.1 Å². The lowest BCUT2D eigenvalue weighted by atomic mass is 9.46. The van der Waals surface area contributed by atoms with E-state index in [0.717, 1.165) is 54.8 Å². The van der Waals surface area contributed by atoms with Gasteiger partial charge in [-0.2, -0.15) is 5.26 Å². The molecule has 2 aromatic rings. The summed E-state index contributed by atoms with van der Waals surface area (Å²) < 4.78 is 41.6. The summed E-state index contributed by atoms with van der Waals surface area (Å²) in [6.45, 7) is 4.22. The first-order valence-corrected chi connectivity index (χ1v) is 15.1. The Morgan fingerprint density at radius 2 is 1.85 bits per heavy atom. The number of amides is 1. The number of rotatable bonds is 9. The number of anilines is 1. The predicted octanol–water partition coefficient (Wildman–Crippen LogP) is 6.72. The molecule has 1 aliphatic heterocycles. The van der Waals surface area contributed by atoms with Gasteiger partial charge in [-0.15, -0.1) is 11.8 Å². The average Bonchev–Trinajstić information content (AvgIpc) is 2.86. The number of halogens is 3. The number of carbonyl (C=O) groups excluding carboxylic acids is 1. The molecule has 5 nitrogen and oxygen atoms in total. The number of alkyl halides is 1. The number of nitriles is 1. The third-order valence-corrected chi connectivity index (χ3v) is 9.70. The van der Waals surface area contributed by atoms with Gasteiger partial charge in [0.05, 0.1) is 11.3 Å². The van der Waals surface area contributed by atoms with Crippen molar-refractivity contribution >= 4 is 35.3 Å². The minimum Gasteiger partial charge on any atom is -0.395 e. The molecule has 3 N–H and O–H groups in total. The van der Waals surface area contributed by atoms with E-state index in [4.69, 9.17) is 11.0 Å². The van der Waals surface area contributed by atoms with Gasteiger partial charge in [0.25, 0.3) is 0 Å². The Balaban J connectivity index is 0.000000187. The highest BCUT2D eigenvalue weighted by Gasteiger charge is 2.57. The van der Waals surface area contributed by atoms with Crippen LogP contribution in [-0.4, -0.2) is 42.4 Å². The summed E-state index contributed by atoms with van der Waals surface area (Å²) in [5.41, 5.74) is 5.50. The highest BCUT2D eigenvalue weighted by atomic mass is 32.2. The molecule has 5 rings (SSSR count). The number of carbonyl (C=O) groups is 1. The van der Waals surface area contributed by atoms with Crippen LogP contribution >= 0.6 is 23.7 Å². The fraction of sp³-hybridized carbons (Fsp3) is 0.517. The van der Waals surface area contributed by atoms with Crippen LogP contribution in [0.4, 0.5) is 18.9 Å². The fourth-order valence-corrected chi connectivity index (χ4v) is 7.32. The van der Waals surface area contributed by atoms with Gasteiger partial charge in [0, 0.05) is 28.3 Å². The number of thioether (sulfide) groups is 1. The second kappa shape index (κ2) is 12.9. The van der Waals surface area contributed by atoms with Gasteiger partial charge in [-0.3, -0.25) is 14.4 Å². The van der Waals surface area contributed by atoms with E-state index >= 15 is 0 Å². The van der Waals surface area contributed by atoms with Crippen molar-refractivity contribution in [3.63, 3.8) is 0 Å². The molecule has 10 heteroatoms. The Hall–Kier alpha value is -2.35. The lowest BCUT2D eigenvalue weighted by molar-refractivity contribution is -0.150. The van der Waals surface area contributed by atoms with E-state index in [0.29, 0.717) is 23.4 Å². The summed E-state index contributed by atoms with van der Waals surface area (Å²) in [7, 11) is 0. The Morgan fingerprint density at radius 1 is 1.15 bits per heavy atom. The summed E-state index contributed by atoms with van der Waals surface area (Å²) in [5, 5.41) is 8.92. The molecule has 2 saturated carbocycles. The first kappa shape index (κ1) is 29.6. The minimum absolute atomic E-state index is 0.0224. The monoisotopic (exact) mass is 576 g/mol. The van der Waals surface area contributed by atoms with Crippen molar-refractivity contribution in [2.45, 2.75) is 67.8 Å². The zero-order valence-corrected chi connectivity index (χ0v) is 23.8. The number of likely N-dealkylation sites (tertiary alicyclic amines) is 1. The molecule has 3 fully saturated rings. The maximum Gasteiger partial charge on any atom is 0.236 e. The van der Waals surface area contributed by atoms with Crippen LogP contribution in [0.25, 0.3) is 0 Å². The first-order chi connectivity index (χ1) is 18.6. The van der Waals surface area contributed by atoms with Crippen LogP contribution < -0.4 is 10.5 Å². The molecule has 0 aromatic heterocycles. The Bertz CT molecular complexity index is 1190. The van der Waals surface area contributed by atoms with Gasteiger partial charge >= 0.3 is 0 Å². The number of unbranched alkanes of at least 4 members (excludes halogenated alkanes) is 1. The summed E-state index contributed by atoms with van der Waals surface area (Å²) in [4.78, 5) is 16.1. The van der Waals surface area contributed by atoms with Crippen LogP contribution in [0.1, 0.15) is 57.4 Å². The van der Waals surface area contributed by atoms with Crippen LogP contribution in [-0.2, 0) is 4.79 Å². The highest BCUT2D eigenvalue weighted by Crippen LogP contribution is 2.64. The number of nitrogens with two attached hydrogens (primary N) is 1. The fourth-order valence-electron chi connectivity index (χ4n) is 5.62. The number of benzene rings is 2.